The highest BCUT2D eigenvalue weighted by molar-refractivity contribution is 5.75. The van der Waals surface area contributed by atoms with Gasteiger partial charge in [0, 0.05) is 32.7 Å². The zero-order valence-corrected chi connectivity index (χ0v) is 20.7. The highest BCUT2D eigenvalue weighted by Crippen LogP contribution is 2.12. The van der Waals surface area contributed by atoms with Crippen LogP contribution in [0.5, 0.6) is 0 Å². The third kappa shape index (κ3) is 23.8. The number of carbonyl (C=O) groups excluding carboxylic acids is 1. The number of aliphatic hydroxyl groups excluding tert-OH is 2. The Bertz CT molecular complexity index is 367. The van der Waals surface area contributed by atoms with Gasteiger partial charge in [-0.15, -0.1) is 0 Å². The lowest BCUT2D eigenvalue weighted by molar-refractivity contribution is -0.121. The monoisotopic (exact) mass is 442 g/mol. The van der Waals surface area contributed by atoms with Crippen LogP contribution in [0.4, 0.5) is 0 Å². The molecule has 0 radical (unpaired) electrons. The van der Waals surface area contributed by atoms with Crippen molar-refractivity contribution >= 4 is 5.91 Å². The maximum Gasteiger partial charge on any atom is 0.221 e. The first kappa shape index (κ1) is 30.4. The van der Waals surface area contributed by atoms with Crippen molar-refractivity contribution in [2.75, 3.05) is 39.4 Å². The maximum atomic E-state index is 12.0. The topological polar surface area (TPSA) is 72.8 Å². The van der Waals surface area contributed by atoms with Crippen molar-refractivity contribution in [3.8, 4) is 0 Å². The maximum absolute atomic E-state index is 12.0. The first-order chi connectivity index (χ1) is 15.2. The Labute approximate surface area is 193 Å². The molecule has 0 aromatic carbocycles. The van der Waals surface area contributed by atoms with Gasteiger partial charge in [-0.3, -0.25) is 4.79 Å². The number of nitrogens with one attached hydrogen (secondary N) is 1. The smallest absolute Gasteiger partial charge is 0.221 e. The number of nitrogens with zero attached hydrogens (tertiary/aromatic N) is 1. The summed E-state index contributed by atoms with van der Waals surface area (Å²) in [5, 5.41) is 21.0. The molecule has 0 aromatic heterocycles. The van der Waals surface area contributed by atoms with Crippen LogP contribution < -0.4 is 5.32 Å². The van der Waals surface area contributed by atoms with Crippen molar-refractivity contribution in [2.24, 2.45) is 0 Å². The van der Waals surface area contributed by atoms with Crippen molar-refractivity contribution in [1.82, 2.24) is 10.2 Å². The van der Waals surface area contributed by atoms with Gasteiger partial charge in [-0.2, -0.15) is 0 Å². The molecule has 0 aliphatic heterocycles. The van der Waals surface area contributed by atoms with E-state index in [1.807, 2.05) is 0 Å². The van der Waals surface area contributed by atoms with E-state index in [4.69, 9.17) is 5.11 Å². The Kier molecular flexibility index (Phi) is 25.1. The molecule has 0 saturated carbocycles. The molecular formula is C26H54N2O3. The van der Waals surface area contributed by atoms with Crippen LogP contribution in [-0.4, -0.2) is 60.4 Å². The van der Waals surface area contributed by atoms with Gasteiger partial charge in [0.25, 0.3) is 0 Å². The van der Waals surface area contributed by atoms with E-state index in [2.05, 4.69) is 17.1 Å². The van der Waals surface area contributed by atoms with E-state index >= 15 is 0 Å². The highest BCUT2D eigenvalue weighted by atomic mass is 16.3. The molecule has 0 aliphatic rings. The average Bonchev–Trinajstić information content (AvgIpc) is 2.77. The van der Waals surface area contributed by atoms with Gasteiger partial charge in [0.05, 0.1) is 6.61 Å². The third-order valence-corrected chi connectivity index (χ3v) is 6.06. The molecule has 3 N–H and O–H groups in total. The Morgan fingerprint density at radius 1 is 0.613 bits per heavy atom. The van der Waals surface area contributed by atoms with Gasteiger partial charge >= 0.3 is 0 Å². The largest absolute Gasteiger partial charge is 0.396 e. The van der Waals surface area contributed by atoms with Crippen molar-refractivity contribution < 1.29 is 15.0 Å². The predicted molar refractivity (Wildman–Crippen MR) is 132 cm³/mol. The number of hydrogen-bond donors (Lipinski definition) is 3. The standard InChI is InChI=1S/C26H54N2O3/c1-2-3-4-5-6-7-8-9-10-11-12-13-14-16-20-27-26(31)19-22-28(23-25-30)21-17-15-18-24-29/h29-30H,2-25H2,1H3,(H,27,31). The number of carbonyl (C=O) groups is 1. The van der Waals surface area contributed by atoms with Crippen molar-refractivity contribution in [2.45, 2.75) is 122 Å². The Hall–Kier alpha value is -0.650. The van der Waals surface area contributed by atoms with Crippen molar-refractivity contribution in [3.63, 3.8) is 0 Å². The summed E-state index contributed by atoms with van der Waals surface area (Å²) < 4.78 is 0. The molecule has 0 saturated heterocycles. The zero-order valence-electron chi connectivity index (χ0n) is 20.7. The molecule has 0 atom stereocenters. The van der Waals surface area contributed by atoms with E-state index in [1.165, 1.54) is 83.5 Å². The minimum absolute atomic E-state index is 0.119. The van der Waals surface area contributed by atoms with Crippen LogP contribution in [-0.2, 0) is 4.79 Å². The SMILES string of the molecule is CCCCCCCCCCCCCCCCNC(=O)CCN(CCO)CCCCCO. The molecule has 0 spiro atoms. The van der Waals surface area contributed by atoms with Gasteiger partial charge in [-0.05, 0) is 32.2 Å². The summed E-state index contributed by atoms with van der Waals surface area (Å²) in [5.74, 6) is 0.119. The molecule has 31 heavy (non-hydrogen) atoms. The first-order valence-corrected chi connectivity index (χ1v) is 13.4. The molecule has 0 aliphatic carbocycles. The van der Waals surface area contributed by atoms with E-state index in [0.717, 1.165) is 38.8 Å². The van der Waals surface area contributed by atoms with Crippen LogP contribution in [0.2, 0.25) is 0 Å². The summed E-state index contributed by atoms with van der Waals surface area (Å²) in [6, 6.07) is 0. The molecule has 0 aromatic rings. The summed E-state index contributed by atoms with van der Waals surface area (Å²) >= 11 is 0. The lowest BCUT2D eigenvalue weighted by atomic mass is 10.0. The number of rotatable bonds is 25. The van der Waals surface area contributed by atoms with E-state index in [9.17, 15) is 9.90 Å². The van der Waals surface area contributed by atoms with E-state index in [1.54, 1.807) is 0 Å². The fourth-order valence-electron chi connectivity index (χ4n) is 4.00. The van der Waals surface area contributed by atoms with Crippen LogP contribution in [0.3, 0.4) is 0 Å². The van der Waals surface area contributed by atoms with E-state index in [0.29, 0.717) is 19.5 Å². The molecule has 0 unspecified atom stereocenters. The first-order valence-electron chi connectivity index (χ1n) is 13.4. The second kappa shape index (κ2) is 25.6. The second-order valence-electron chi connectivity index (χ2n) is 9.05. The highest BCUT2D eigenvalue weighted by Gasteiger charge is 2.07. The lowest BCUT2D eigenvalue weighted by Gasteiger charge is -2.20. The molecule has 186 valence electrons. The normalized spacial score (nSPS) is 11.4. The number of aliphatic hydroxyl groups is 2. The second-order valence-corrected chi connectivity index (χ2v) is 9.05. The summed E-state index contributed by atoms with van der Waals surface area (Å²) in [6.45, 7) is 5.62. The Morgan fingerprint density at radius 2 is 1.13 bits per heavy atom. The van der Waals surface area contributed by atoms with Gasteiger partial charge in [0.1, 0.15) is 0 Å². The fourth-order valence-corrected chi connectivity index (χ4v) is 4.00. The number of unbranched alkanes of at least 4 members (excludes halogenated alkanes) is 15. The van der Waals surface area contributed by atoms with Crippen LogP contribution >= 0.6 is 0 Å². The molecule has 1 amide bonds. The van der Waals surface area contributed by atoms with Crippen molar-refractivity contribution in [1.29, 1.82) is 0 Å². The Morgan fingerprint density at radius 3 is 1.65 bits per heavy atom. The van der Waals surface area contributed by atoms with Gasteiger partial charge in [-0.1, -0.05) is 90.4 Å². The minimum atomic E-state index is 0.119. The predicted octanol–water partition coefficient (Wildman–Crippen LogP) is 5.43. The van der Waals surface area contributed by atoms with Crippen LogP contribution in [0, 0.1) is 0 Å². The summed E-state index contributed by atoms with van der Waals surface area (Å²) in [4.78, 5) is 14.2. The minimum Gasteiger partial charge on any atom is -0.396 e. The molecule has 5 nitrogen and oxygen atoms in total. The van der Waals surface area contributed by atoms with Crippen LogP contribution in [0.25, 0.3) is 0 Å². The van der Waals surface area contributed by atoms with Gasteiger partial charge in [0.15, 0.2) is 0 Å². The fraction of sp³-hybridized carbons (Fsp3) is 0.962. The van der Waals surface area contributed by atoms with Crippen LogP contribution in [0.1, 0.15) is 122 Å². The van der Waals surface area contributed by atoms with Gasteiger partial charge < -0.3 is 20.4 Å². The molecule has 0 bridgehead atoms. The third-order valence-electron chi connectivity index (χ3n) is 6.06. The van der Waals surface area contributed by atoms with Gasteiger partial charge in [-0.25, -0.2) is 0 Å². The zero-order chi connectivity index (χ0) is 22.8. The molecule has 0 heterocycles. The summed E-state index contributed by atoms with van der Waals surface area (Å²) in [7, 11) is 0. The van der Waals surface area contributed by atoms with E-state index < -0.39 is 0 Å². The lowest BCUT2D eigenvalue weighted by Crippen LogP contribution is -2.33. The number of amides is 1. The van der Waals surface area contributed by atoms with Crippen molar-refractivity contribution in [3.05, 3.63) is 0 Å². The average molecular weight is 443 g/mol. The van der Waals surface area contributed by atoms with Gasteiger partial charge in [0.2, 0.25) is 5.91 Å². The summed E-state index contributed by atoms with van der Waals surface area (Å²) in [6.07, 6.45) is 22.2. The molecular weight excluding hydrogens is 388 g/mol. The molecule has 0 rings (SSSR count). The summed E-state index contributed by atoms with van der Waals surface area (Å²) in [5.41, 5.74) is 0. The Balaban J connectivity index is 3.41. The number of hydrogen-bond acceptors (Lipinski definition) is 4. The molecule has 5 heteroatoms. The quantitative estimate of drug-likeness (QED) is 0.165. The van der Waals surface area contributed by atoms with Crippen LogP contribution in [0.15, 0.2) is 0 Å². The van der Waals surface area contributed by atoms with E-state index in [-0.39, 0.29) is 19.1 Å². The molecule has 0 fully saturated rings.